The highest BCUT2D eigenvalue weighted by Crippen LogP contribution is 2.38. The van der Waals surface area contributed by atoms with Gasteiger partial charge in [-0.1, -0.05) is 61.8 Å². The van der Waals surface area contributed by atoms with Crippen molar-refractivity contribution in [2.45, 2.75) is 19.8 Å². The Morgan fingerprint density at radius 2 is 1.78 bits per heavy atom. The van der Waals surface area contributed by atoms with E-state index in [1.807, 2.05) is 50.2 Å². The standard InChI is InChI=1S/C24H19ClFNO3.C2H6/c1-29-11-12-30-22-10-8-18(14-27)23(24(22)26)19-13-17(7-9-21(19)25)20(15-28)16-5-3-2-4-6-16;1-2/h2-10,13,15,20H,11-12H2,1H3;1-2H3. The second-order valence-electron chi connectivity index (χ2n) is 6.52. The van der Waals surface area contributed by atoms with Crippen molar-refractivity contribution in [2.24, 2.45) is 0 Å². The lowest BCUT2D eigenvalue weighted by molar-refractivity contribution is -0.108. The molecule has 0 saturated carbocycles. The van der Waals surface area contributed by atoms with Crippen LogP contribution >= 0.6 is 11.6 Å². The molecule has 0 aliphatic heterocycles. The van der Waals surface area contributed by atoms with Crippen LogP contribution in [-0.2, 0) is 9.53 Å². The van der Waals surface area contributed by atoms with E-state index >= 15 is 4.39 Å². The molecule has 6 heteroatoms. The maximum atomic E-state index is 15.3. The molecule has 166 valence electrons. The first kappa shape index (κ1) is 25.1. The van der Waals surface area contributed by atoms with E-state index < -0.39 is 11.7 Å². The van der Waals surface area contributed by atoms with Gasteiger partial charge in [0.25, 0.3) is 0 Å². The molecule has 1 unspecified atom stereocenters. The number of nitriles is 1. The summed E-state index contributed by atoms with van der Waals surface area (Å²) < 4.78 is 25.7. The van der Waals surface area contributed by atoms with Gasteiger partial charge >= 0.3 is 0 Å². The van der Waals surface area contributed by atoms with Crippen LogP contribution in [0.25, 0.3) is 11.1 Å². The quantitative estimate of drug-likeness (QED) is 0.292. The van der Waals surface area contributed by atoms with Crippen LogP contribution in [0.4, 0.5) is 4.39 Å². The van der Waals surface area contributed by atoms with Crippen LogP contribution < -0.4 is 4.74 Å². The molecule has 0 radical (unpaired) electrons. The molecule has 0 aliphatic rings. The number of carbonyl (C=O) groups excluding carboxylic acids is 1. The lowest BCUT2D eigenvalue weighted by Crippen LogP contribution is -2.07. The van der Waals surface area contributed by atoms with Gasteiger partial charge in [0.05, 0.1) is 24.2 Å². The summed E-state index contributed by atoms with van der Waals surface area (Å²) >= 11 is 6.38. The van der Waals surface area contributed by atoms with Crippen molar-refractivity contribution < 1.29 is 18.7 Å². The van der Waals surface area contributed by atoms with Crippen LogP contribution in [0.5, 0.6) is 5.75 Å². The minimum atomic E-state index is -0.688. The Bertz CT molecular complexity index is 1080. The van der Waals surface area contributed by atoms with Crippen molar-refractivity contribution in [1.82, 2.24) is 0 Å². The first-order valence-electron chi connectivity index (χ1n) is 10.2. The minimum Gasteiger partial charge on any atom is -0.488 e. The van der Waals surface area contributed by atoms with Gasteiger partial charge < -0.3 is 14.3 Å². The van der Waals surface area contributed by atoms with Crippen molar-refractivity contribution >= 4 is 17.9 Å². The molecular weight excluding hydrogens is 429 g/mol. The summed E-state index contributed by atoms with van der Waals surface area (Å²) in [5.41, 5.74) is 1.93. The highest BCUT2D eigenvalue weighted by molar-refractivity contribution is 6.33. The average molecular weight is 454 g/mol. The molecule has 0 amide bonds. The zero-order valence-corrected chi connectivity index (χ0v) is 19.0. The summed E-state index contributed by atoms with van der Waals surface area (Å²) in [5.74, 6) is -1.24. The number of rotatable bonds is 8. The monoisotopic (exact) mass is 453 g/mol. The number of hydrogen-bond donors (Lipinski definition) is 0. The zero-order valence-electron chi connectivity index (χ0n) is 18.3. The number of halogens is 2. The van der Waals surface area contributed by atoms with E-state index in [0.717, 1.165) is 11.8 Å². The number of benzene rings is 3. The van der Waals surface area contributed by atoms with E-state index in [1.54, 1.807) is 18.2 Å². The molecule has 3 rings (SSSR count). The summed E-state index contributed by atoms with van der Waals surface area (Å²) in [6.45, 7) is 4.46. The summed E-state index contributed by atoms with van der Waals surface area (Å²) in [4.78, 5) is 11.8. The molecule has 32 heavy (non-hydrogen) atoms. The van der Waals surface area contributed by atoms with Gasteiger partial charge in [0.1, 0.15) is 12.9 Å². The van der Waals surface area contributed by atoms with Crippen molar-refractivity contribution in [2.75, 3.05) is 20.3 Å². The van der Waals surface area contributed by atoms with Gasteiger partial charge in [-0.3, -0.25) is 0 Å². The summed E-state index contributed by atoms with van der Waals surface area (Å²) in [5, 5.41) is 9.79. The van der Waals surface area contributed by atoms with Crippen LogP contribution in [-0.4, -0.2) is 26.6 Å². The Morgan fingerprint density at radius 3 is 2.41 bits per heavy atom. The molecule has 0 heterocycles. The molecule has 0 N–H and O–H groups in total. The highest BCUT2D eigenvalue weighted by atomic mass is 35.5. The molecule has 0 aromatic heterocycles. The zero-order chi connectivity index (χ0) is 23.5. The third kappa shape index (κ3) is 5.73. The van der Waals surface area contributed by atoms with E-state index in [4.69, 9.17) is 21.1 Å². The smallest absolute Gasteiger partial charge is 0.174 e. The van der Waals surface area contributed by atoms with E-state index in [0.29, 0.717) is 17.7 Å². The Labute approximate surface area is 193 Å². The van der Waals surface area contributed by atoms with Crippen molar-refractivity contribution in [1.29, 1.82) is 5.26 Å². The van der Waals surface area contributed by atoms with Gasteiger partial charge in [0.2, 0.25) is 0 Å². The SMILES string of the molecule is CC.COCCOc1ccc(C#N)c(-c2cc(C(C=O)c3ccccc3)ccc2Cl)c1F. The number of nitrogens with zero attached hydrogens (tertiary/aromatic N) is 1. The first-order chi connectivity index (χ1) is 15.6. The topological polar surface area (TPSA) is 59.3 Å². The molecule has 1 atom stereocenters. The van der Waals surface area contributed by atoms with Crippen LogP contribution in [0, 0.1) is 17.1 Å². The molecule has 3 aromatic rings. The second-order valence-corrected chi connectivity index (χ2v) is 6.92. The van der Waals surface area contributed by atoms with Crippen LogP contribution in [0.2, 0.25) is 5.02 Å². The van der Waals surface area contributed by atoms with Crippen LogP contribution in [0.1, 0.15) is 36.5 Å². The Balaban J connectivity index is 0.00000176. The number of ether oxygens (including phenoxy) is 2. The van der Waals surface area contributed by atoms with E-state index in [-0.39, 0.29) is 28.5 Å². The lowest BCUT2D eigenvalue weighted by atomic mass is 9.89. The third-order valence-electron chi connectivity index (χ3n) is 4.69. The van der Waals surface area contributed by atoms with Crippen molar-refractivity contribution in [3.8, 4) is 22.9 Å². The molecular formula is C26H25ClFNO3. The first-order valence-corrected chi connectivity index (χ1v) is 10.6. The van der Waals surface area contributed by atoms with Gasteiger partial charge in [-0.2, -0.15) is 5.26 Å². The largest absolute Gasteiger partial charge is 0.488 e. The Morgan fingerprint density at radius 1 is 1.06 bits per heavy atom. The number of hydrogen-bond acceptors (Lipinski definition) is 4. The Hall–Kier alpha value is -3.20. The van der Waals surface area contributed by atoms with Gasteiger partial charge in [-0.25, -0.2) is 4.39 Å². The molecule has 0 aliphatic carbocycles. The summed E-state index contributed by atoms with van der Waals surface area (Å²) in [7, 11) is 1.52. The lowest BCUT2D eigenvalue weighted by Gasteiger charge is -2.16. The van der Waals surface area contributed by atoms with E-state index in [2.05, 4.69) is 0 Å². The van der Waals surface area contributed by atoms with Gasteiger partial charge in [-0.05, 0) is 35.4 Å². The average Bonchev–Trinajstić information content (AvgIpc) is 2.84. The summed E-state index contributed by atoms with van der Waals surface area (Å²) in [6, 6.07) is 19.1. The molecule has 0 fully saturated rings. The summed E-state index contributed by atoms with van der Waals surface area (Å²) in [6.07, 6.45) is 0.828. The van der Waals surface area contributed by atoms with Gasteiger partial charge in [0.15, 0.2) is 11.6 Å². The normalized spacial score (nSPS) is 11.0. The maximum absolute atomic E-state index is 15.3. The van der Waals surface area contributed by atoms with Crippen molar-refractivity contribution in [3.63, 3.8) is 0 Å². The molecule has 0 bridgehead atoms. The molecule has 0 spiro atoms. The predicted molar refractivity (Wildman–Crippen MR) is 125 cm³/mol. The van der Waals surface area contributed by atoms with Crippen LogP contribution in [0.3, 0.4) is 0 Å². The second kappa shape index (κ2) is 12.6. The highest BCUT2D eigenvalue weighted by Gasteiger charge is 2.21. The fraction of sp³-hybridized carbons (Fsp3) is 0.231. The van der Waals surface area contributed by atoms with E-state index in [1.165, 1.54) is 19.2 Å². The van der Waals surface area contributed by atoms with Gasteiger partial charge in [-0.15, -0.1) is 0 Å². The third-order valence-corrected chi connectivity index (χ3v) is 5.02. The number of carbonyl (C=O) groups is 1. The van der Waals surface area contributed by atoms with Gasteiger partial charge in [0, 0.05) is 23.3 Å². The van der Waals surface area contributed by atoms with Crippen molar-refractivity contribution in [3.05, 3.63) is 88.2 Å². The minimum absolute atomic E-state index is 0.00230. The fourth-order valence-corrected chi connectivity index (χ4v) is 3.41. The maximum Gasteiger partial charge on any atom is 0.174 e. The molecule has 3 aromatic carbocycles. The van der Waals surface area contributed by atoms with E-state index in [9.17, 15) is 10.1 Å². The fourth-order valence-electron chi connectivity index (χ4n) is 3.20. The molecule has 4 nitrogen and oxygen atoms in total. The molecule has 0 saturated heterocycles. The predicted octanol–water partition coefficient (Wildman–Crippen LogP) is 6.40. The van der Waals surface area contributed by atoms with Crippen LogP contribution in [0.15, 0.2) is 60.7 Å². The number of aldehydes is 1. The Kier molecular flexibility index (Phi) is 9.87. The number of methoxy groups -OCH3 is 1.